The average molecular weight is 350 g/mol. The van der Waals surface area contributed by atoms with Crippen LogP contribution in [0.4, 0.5) is 11.5 Å². The molecule has 1 aromatic heterocycles. The maximum Gasteiger partial charge on any atom is 0.244 e. The maximum absolute atomic E-state index is 12.0. The Balaban J connectivity index is 1.78. The fourth-order valence-corrected chi connectivity index (χ4v) is 3.15. The van der Waals surface area contributed by atoms with Gasteiger partial charge in [-0.25, -0.2) is 4.98 Å². The Morgan fingerprint density at radius 1 is 1.27 bits per heavy atom. The van der Waals surface area contributed by atoms with Crippen molar-refractivity contribution >= 4 is 17.4 Å². The largest absolute Gasteiger partial charge is 0.365 e. The van der Waals surface area contributed by atoms with Crippen LogP contribution in [0.3, 0.4) is 0 Å². The van der Waals surface area contributed by atoms with Gasteiger partial charge < -0.3 is 15.5 Å². The maximum atomic E-state index is 12.0. The van der Waals surface area contributed by atoms with Crippen LogP contribution in [0.5, 0.6) is 0 Å². The van der Waals surface area contributed by atoms with Gasteiger partial charge in [-0.3, -0.25) is 4.79 Å². The van der Waals surface area contributed by atoms with Gasteiger partial charge in [0.05, 0.1) is 11.7 Å². The topological polar surface area (TPSA) is 57.3 Å². The molecule has 0 fully saturated rings. The summed E-state index contributed by atoms with van der Waals surface area (Å²) < 4.78 is 0. The minimum atomic E-state index is -0.0669. The Kier molecular flexibility index (Phi) is 5.26. The predicted molar refractivity (Wildman–Crippen MR) is 106 cm³/mol. The number of hydrogen-bond acceptors (Lipinski definition) is 4. The quantitative estimate of drug-likeness (QED) is 0.821. The highest BCUT2D eigenvalue weighted by atomic mass is 16.2. The van der Waals surface area contributed by atoms with Crippen molar-refractivity contribution in [2.75, 3.05) is 16.8 Å². The molecule has 5 nitrogen and oxygen atoms in total. The van der Waals surface area contributed by atoms with Crippen molar-refractivity contribution in [1.82, 2.24) is 10.3 Å². The monoisotopic (exact) mass is 350 g/mol. The lowest BCUT2D eigenvalue weighted by atomic mass is 9.98. The summed E-state index contributed by atoms with van der Waals surface area (Å²) in [6.07, 6.45) is 2.63. The first kappa shape index (κ1) is 18.0. The molecule has 1 aromatic carbocycles. The number of nitrogens with one attached hydrogen (secondary N) is 2. The number of amides is 1. The summed E-state index contributed by atoms with van der Waals surface area (Å²) in [5, 5.41) is 6.32. The summed E-state index contributed by atoms with van der Waals surface area (Å²) in [4.78, 5) is 18.3. The Morgan fingerprint density at radius 3 is 2.62 bits per heavy atom. The van der Waals surface area contributed by atoms with Gasteiger partial charge in [0.15, 0.2) is 5.82 Å². The minimum absolute atomic E-state index is 0.0669. The van der Waals surface area contributed by atoms with Crippen LogP contribution in [-0.2, 0) is 4.79 Å². The van der Waals surface area contributed by atoms with E-state index in [1.54, 1.807) is 6.20 Å². The van der Waals surface area contributed by atoms with Crippen LogP contribution >= 0.6 is 0 Å². The number of benzene rings is 1. The van der Waals surface area contributed by atoms with E-state index < -0.39 is 0 Å². The zero-order valence-electron chi connectivity index (χ0n) is 15.6. The molecule has 0 aliphatic carbocycles. The highest BCUT2D eigenvalue weighted by Gasteiger charge is 2.26. The van der Waals surface area contributed by atoms with Gasteiger partial charge in [0.2, 0.25) is 5.91 Å². The van der Waals surface area contributed by atoms with Crippen molar-refractivity contribution in [1.29, 1.82) is 0 Å². The molecule has 1 aliphatic rings. The van der Waals surface area contributed by atoms with E-state index in [0.29, 0.717) is 17.4 Å². The van der Waals surface area contributed by atoms with E-state index in [4.69, 9.17) is 0 Å². The Morgan fingerprint density at radius 2 is 1.96 bits per heavy atom. The molecule has 0 saturated carbocycles. The van der Waals surface area contributed by atoms with Crippen LogP contribution in [0.2, 0.25) is 0 Å². The molecule has 1 atom stereocenters. The molecular weight excluding hydrogens is 324 g/mol. The van der Waals surface area contributed by atoms with Crippen LogP contribution < -0.4 is 15.5 Å². The number of carbonyl (C=O) groups excluding carboxylic acids is 1. The van der Waals surface area contributed by atoms with E-state index in [1.807, 2.05) is 17.0 Å². The molecule has 5 heteroatoms. The number of hydrogen-bond donors (Lipinski definition) is 2. The molecular formula is C21H26N4O. The smallest absolute Gasteiger partial charge is 0.244 e. The molecule has 0 spiro atoms. The molecule has 2 N–H and O–H groups in total. The molecule has 136 valence electrons. The molecule has 3 rings (SSSR count). The fraction of sp³-hybridized carbons (Fsp3) is 0.333. The number of pyridine rings is 1. The summed E-state index contributed by atoms with van der Waals surface area (Å²) in [6.45, 7) is 10.9. The Hall–Kier alpha value is -2.82. The molecule has 1 amide bonds. The second-order valence-electron chi connectivity index (χ2n) is 6.88. The average Bonchev–Trinajstić information content (AvgIpc) is 2.65. The summed E-state index contributed by atoms with van der Waals surface area (Å²) >= 11 is 0. The lowest BCUT2D eigenvalue weighted by Gasteiger charge is -2.33. The zero-order chi connectivity index (χ0) is 18.7. The van der Waals surface area contributed by atoms with Crippen LogP contribution in [0.1, 0.15) is 50.3 Å². The van der Waals surface area contributed by atoms with E-state index in [2.05, 4.69) is 67.2 Å². The minimum Gasteiger partial charge on any atom is -0.365 e. The number of aromatic nitrogens is 1. The Labute approximate surface area is 155 Å². The third kappa shape index (κ3) is 3.72. The molecule has 0 saturated heterocycles. The number of nitrogens with zero attached hydrogens (tertiary/aromatic N) is 2. The lowest BCUT2D eigenvalue weighted by molar-refractivity contribution is -0.115. The fourth-order valence-electron chi connectivity index (χ4n) is 3.15. The van der Waals surface area contributed by atoms with Crippen LogP contribution in [-0.4, -0.2) is 17.4 Å². The van der Waals surface area contributed by atoms with Gasteiger partial charge >= 0.3 is 0 Å². The Bertz CT molecular complexity index is 798. The van der Waals surface area contributed by atoms with E-state index in [9.17, 15) is 4.79 Å². The molecule has 0 radical (unpaired) electrons. The van der Waals surface area contributed by atoms with Gasteiger partial charge in [-0.1, -0.05) is 51.6 Å². The van der Waals surface area contributed by atoms with Gasteiger partial charge in [-0.2, -0.15) is 0 Å². The summed E-state index contributed by atoms with van der Waals surface area (Å²) in [6, 6.07) is 12.5. The van der Waals surface area contributed by atoms with Gasteiger partial charge in [-0.15, -0.1) is 0 Å². The first-order valence-corrected chi connectivity index (χ1v) is 9.07. The lowest BCUT2D eigenvalue weighted by Crippen LogP contribution is -2.42. The molecule has 26 heavy (non-hydrogen) atoms. The van der Waals surface area contributed by atoms with E-state index >= 15 is 0 Å². The summed E-state index contributed by atoms with van der Waals surface area (Å²) in [5.41, 5.74) is 3.25. The SMILES string of the molecule is C=C(NC(CC)c1ccc(C(C)C)cc1)N1CC(=O)Nc2cccnc21. The normalized spacial score (nSPS) is 14.6. The van der Waals surface area contributed by atoms with Gasteiger partial charge in [0.25, 0.3) is 0 Å². The van der Waals surface area contributed by atoms with Crippen molar-refractivity contribution in [2.24, 2.45) is 0 Å². The van der Waals surface area contributed by atoms with Gasteiger partial charge in [0, 0.05) is 6.20 Å². The molecule has 1 aliphatic heterocycles. The second-order valence-corrected chi connectivity index (χ2v) is 6.88. The van der Waals surface area contributed by atoms with E-state index in [1.165, 1.54) is 11.1 Å². The van der Waals surface area contributed by atoms with Crippen molar-refractivity contribution in [3.8, 4) is 0 Å². The molecule has 0 bridgehead atoms. The third-order valence-electron chi connectivity index (χ3n) is 4.70. The molecule has 1 unspecified atom stereocenters. The first-order valence-electron chi connectivity index (χ1n) is 9.07. The molecule has 2 heterocycles. The third-order valence-corrected chi connectivity index (χ3v) is 4.70. The van der Waals surface area contributed by atoms with Crippen LogP contribution in [0.25, 0.3) is 0 Å². The van der Waals surface area contributed by atoms with Crippen LogP contribution in [0, 0.1) is 0 Å². The number of carbonyl (C=O) groups is 1. The highest BCUT2D eigenvalue weighted by Crippen LogP contribution is 2.29. The van der Waals surface area contributed by atoms with Crippen molar-refractivity contribution < 1.29 is 4.79 Å². The standard InChI is InChI=1S/C21H26N4O/c1-5-18(17-10-8-16(9-11-17)14(2)3)23-15(4)25-13-20(26)24-19-7-6-12-22-21(19)25/h6-12,14,18,23H,4-5,13H2,1-3H3,(H,24,26). The van der Waals surface area contributed by atoms with E-state index in [0.717, 1.165) is 12.2 Å². The van der Waals surface area contributed by atoms with E-state index in [-0.39, 0.29) is 18.5 Å². The molecule has 2 aromatic rings. The van der Waals surface area contributed by atoms with Gasteiger partial charge in [-0.05, 0) is 35.6 Å². The van der Waals surface area contributed by atoms with Gasteiger partial charge in [0.1, 0.15) is 12.4 Å². The second kappa shape index (κ2) is 7.60. The predicted octanol–water partition coefficient (Wildman–Crippen LogP) is 4.18. The zero-order valence-corrected chi connectivity index (χ0v) is 15.6. The number of rotatable bonds is 6. The van der Waals surface area contributed by atoms with Crippen molar-refractivity contribution in [3.05, 3.63) is 66.1 Å². The number of anilines is 2. The highest BCUT2D eigenvalue weighted by molar-refractivity contribution is 6.00. The summed E-state index contributed by atoms with van der Waals surface area (Å²) in [5.74, 6) is 1.85. The van der Waals surface area contributed by atoms with Crippen molar-refractivity contribution in [3.63, 3.8) is 0 Å². The van der Waals surface area contributed by atoms with Crippen molar-refractivity contribution in [2.45, 2.75) is 39.2 Å². The first-order chi connectivity index (χ1) is 12.5. The van der Waals surface area contributed by atoms with Crippen LogP contribution in [0.15, 0.2) is 55.0 Å². The summed E-state index contributed by atoms with van der Waals surface area (Å²) in [7, 11) is 0. The number of fused-ring (bicyclic) bond motifs is 1.